The summed E-state index contributed by atoms with van der Waals surface area (Å²) in [5.74, 6) is 0.762. The smallest absolute Gasteiger partial charge is 0.0602 e. The first-order valence-electron chi connectivity index (χ1n) is 6.26. The molecule has 0 radical (unpaired) electrons. The third kappa shape index (κ3) is 3.77. The minimum absolute atomic E-state index is 0.0165. The SMILES string of the molecule is Clc1ccc(C(Cl)CC2CCCCC2)c(Cl)c1. The van der Waals surface area contributed by atoms with Crippen LogP contribution in [0.2, 0.25) is 10.0 Å². The number of rotatable bonds is 3. The molecular weight excluding hydrogens is 275 g/mol. The normalized spacial score (nSPS) is 19.2. The van der Waals surface area contributed by atoms with E-state index in [1.807, 2.05) is 12.1 Å². The van der Waals surface area contributed by atoms with E-state index in [1.165, 1.54) is 32.1 Å². The predicted molar refractivity (Wildman–Crippen MR) is 76.2 cm³/mol. The van der Waals surface area contributed by atoms with E-state index in [4.69, 9.17) is 34.8 Å². The first kappa shape index (κ1) is 13.5. The first-order valence-corrected chi connectivity index (χ1v) is 7.45. The Labute approximate surface area is 118 Å². The molecule has 1 unspecified atom stereocenters. The van der Waals surface area contributed by atoms with Crippen LogP contribution in [0.3, 0.4) is 0 Å². The van der Waals surface area contributed by atoms with Gasteiger partial charge < -0.3 is 0 Å². The first-order chi connectivity index (χ1) is 8.16. The van der Waals surface area contributed by atoms with Gasteiger partial charge in [0.2, 0.25) is 0 Å². The molecule has 1 aliphatic rings. The Balaban J connectivity index is 2.00. The van der Waals surface area contributed by atoms with Gasteiger partial charge in [-0.25, -0.2) is 0 Å². The molecule has 94 valence electrons. The van der Waals surface area contributed by atoms with Gasteiger partial charge in [-0.2, -0.15) is 0 Å². The topological polar surface area (TPSA) is 0 Å². The van der Waals surface area contributed by atoms with Crippen LogP contribution < -0.4 is 0 Å². The second kappa shape index (κ2) is 6.31. The maximum absolute atomic E-state index is 6.47. The Morgan fingerprint density at radius 2 is 1.82 bits per heavy atom. The van der Waals surface area contributed by atoms with Crippen LogP contribution in [-0.4, -0.2) is 0 Å². The van der Waals surface area contributed by atoms with E-state index < -0.39 is 0 Å². The van der Waals surface area contributed by atoms with Crippen LogP contribution in [0.5, 0.6) is 0 Å². The largest absolute Gasteiger partial charge is 0.118 e. The molecule has 1 aromatic carbocycles. The van der Waals surface area contributed by atoms with Crippen LogP contribution in [0.4, 0.5) is 0 Å². The lowest BCUT2D eigenvalue weighted by Gasteiger charge is -2.24. The van der Waals surface area contributed by atoms with Crippen molar-refractivity contribution in [3.05, 3.63) is 33.8 Å². The van der Waals surface area contributed by atoms with E-state index >= 15 is 0 Å². The summed E-state index contributed by atoms with van der Waals surface area (Å²) in [6.45, 7) is 0. The van der Waals surface area contributed by atoms with E-state index in [1.54, 1.807) is 6.07 Å². The van der Waals surface area contributed by atoms with Gasteiger partial charge in [-0.3, -0.25) is 0 Å². The lowest BCUT2D eigenvalue weighted by atomic mass is 9.85. The van der Waals surface area contributed by atoms with E-state index in [0.29, 0.717) is 10.0 Å². The molecule has 0 saturated heterocycles. The number of benzene rings is 1. The van der Waals surface area contributed by atoms with Gasteiger partial charge in [0.05, 0.1) is 5.38 Å². The molecule has 0 bridgehead atoms. The van der Waals surface area contributed by atoms with Crippen molar-refractivity contribution in [1.29, 1.82) is 0 Å². The Morgan fingerprint density at radius 1 is 1.12 bits per heavy atom. The number of hydrogen-bond acceptors (Lipinski definition) is 0. The molecule has 0 heterocycles. The van der Waals surface area contributed by atoms with Crippen LogP contribution in [0.15, 0.2) is 18.2 Å². The van der Waals surface area contributed by atoms with Crippen molar-refractivity contribution in [3.63, 3.8) is 0 Å². The molecule has 0 aliphatic heterocycles. The van der Waals surface area contributed by atoms with Gasteiger partial charge in [-0.1, -0.05) is 61.4 Å². The van der Waals surface area contributed by atoms with E-state index in [0.717, 1.165) is 17.9 Å². The number of hydrogen-bond donors (Lipinski definition) is 0. The molecule has 1 aromatic rings. The van der Waals surface area contributed by atoms with Crippen molar-refractivity contribution in [1.82, 2.24) is 0 Å². The Morgan fingerprint density at radius 3 is 2.47 bits per heavy atom. The molecule has 0 N–H and O–H groups in total. The molecule has 1 fully saturated rings. The molecule has 0 amide bonds. The maximum atomic E-state index is 6.47. The van der Waals surface area contributed by atoms with Crippen LogP contribution in [-0.2, 0) is 0 Å². The summed E-state index contributed by atoms with van der Waals surface area (Å²) in [5.41, 5.74) is 1.02. The second-order valence-corrected chi connectivity index (χ2v) is 6.24. The molecule has 0 nitrogen and oxygen atoms in total. The molecule has 3 heteroatoms. The molecule has 1 atom stereocenters. The summed E-state index contributed by atoms with van der Waals surface area (Å²) >= 11 is 18.5. The molecule has 1 aliphatic carbocycles. The minimum Gasteiger partial charge on any atom is -0.118 e. The average molecular weight is 292 g/mol. The fourth-order valence-corrected chi connectivity index (χ4v) is 3.64. The monoisotopic (exact) mass is 290 g/mol. The van der Waals surface area contributed by atoms with Gasteiger partial charge in [0, 0.05) is 10.0 Å². The molecule has 0 spiro atoms. The summed E-state index contributed by atoms with van der Waals surface area (Å²) in [5, 5.41) is 1.37. The fraction of sp³-hybridized carbons (Fsp3) is 0.571. The fourth-order valence-electron chi connectivity index (χ4n) is 2.60. The molecule has 2 rings (SSSR count). The van der Waals surface area contributed by atoms with Crippen molar-refractivity contribution >= 4 is 34.8 Å². The van der Waals surface area contributed by atoms with Gasteiger partial charge in [-0.05, 0) is 30.0 Å². The second-order valence-electron chi connectivity index (χ2n) is 4.87. The third-order valence-corrected chi connectivity index (χ3v) is 4.54. The summed E-state index contributed by atoms with van der Waals surface area (Å²) in [6, 6.07) is 5.58. The summed E-state index contributed by atoms with van der Waals surface area (Å²) in [7, 11) is 0. The van der Waals surface area contributed by atoms with Crippen molar-refractivity contribution < 1.29 is 0 Å². The zero-order valence-corrected chi connectivity index (χ0v) is 12.0. The van der Waals surface area contributed by atoms with Gasteiger partial charge in [0.15, 0.2) is 0 Å². The highest BCUT2D eigenvalue weighted by Crippen LogP contribution is 2.38. The van der Waals surface area contributed by atoms with Gasteiger partial charge >= 0.3 is 0 Å². The van der Waals surface area contributed by atoms with E-state index in [9.17, 15) is 0 Å². The van der Waals surface area contributed by atoms with Crippen molar-refractivity contribution in [3.8, 4) is 0 Å². The molecule has 1 saturated carbocycles. The number of halogens is 3. The highest BCUT2D eigenvalue weighted by molar-refractivity contribution is 6.35. The minimum atomic E-state index is 0.0165. The lowest BCUT2D eigenvalue weighted by molar-refractivity contribution is 0.336. The summed E-state index contributed by atoms with van der Waals surface area (Å²) < 4.78 is 0. The van der Waals surface area contributed by atoms with Crippen LogP contribution in [0, 0.1) is 5.92 Å². The van der Waals surface area contributed by atoms with Gasteiger partial charge in [-0.15, -0.1) is 11.6 Å². The van der Waals surface area contributed by atoms with Crippen molar-refractivity contribution in [2.24, 2.45) is 5.92 Å². The van der Waals surface area contributed by atoms with E-state index in [2.05, 4.69) is 0 Å². The third-order valence-electron chi connectivity index (χ3n) is 3.56. The van der Waals surface area contributed by atoms with E-state index in [-0.39, 0.29) is 5.38 Å². The van der Waals surface area contributed by atoms with Crippen LogP contribution in [0.25, 0.3) is 0 Å². The predicted octanol–water partition coefficient (Wildman–Crippen LogP) is 6.24. The Kier molecular flexibility index (Phi) is 5.02. The Bertz CT molecular complexity index is 370. The molecular formula is C14H17Cl3. The Hall–Kier alpha value is 0.0900. The standard InChI is InChI=1S/C14H17Cl3/c15-11-6-7-12(14(17)9-11)13(16)8-10-4-2-1-3-5-10/h6-7,9-10,13H,1-5,8H2. The van der Waals surface area contributed by atoms with Crippen LogP contribution in [0.1, 0.15) is 49.5 Å². The average Bonchev–Trinajstić information content (AvgIpc) is 2.30. The van der Waals surface area contributed by atoms with Gasteiger partial charge in [0.25, 0.3) is 0 Å². The van der Waals surface area contributed by atoms with Crippen molar-refractivity contribution in [2.75, 3.05) is 0 Å². The molecule has 17 heavy (non-hydrogen) atoms. The summed E-state index contributed by atoms with van der Waals surface area (Å²) in [4.78, 5) is 0. The number of alkyl halides is 1. The van der Waals surface area contributed by atoms with Crippen molar-refractivity contribution in [2.45, 2.75) is 43.9 Å². The lowest BCUT2D eigenvalue weighted by Crippen LogP contribution is -2.09. The quantitative estimate of drug-likeness (QED) is 0.578. The maximum Gasteiger partial charge on any atom is 0.0602 e. The van der Waals surface area contributed by atoms with Gasteiger partial charge in [0.1, 0.15) is 0 Å². The highest BCUT2D eigenvalue weighted by Gasteiger charge is 2.20. The molecule has 0 aromatic heterocycles. The zero-order chi connectivity index (χ0) is 12.3. The zero-order valence-electron chi connectivity index (χ0n) is 9.76. The summed E-state index contributed by atoms with van der Waals surface area (Å²) in [6.07, 6.45) is 7.74. The van der Waals surface area contributed by atoms with Crippen LogP contribution >= 0.6 is 34.8 Å². The highest BCUT2D eigenvalue weighted by atomic mass is 35.5.